The van der Waals surface area contributed by atoms with Crippen molar-refractivity contribution in [2.45, 2.75) is 36.3 Å². The molecule has 1 aliphatic rings. The average Bonchev–Trinajstić information content (AvgIpc) is 3.22. The molecule has 1 saturated carbocycles. The topological polar surface area (TPSA) is 89.3 Å². The molecule has 1 N–H and O–H groups in total. The van der Waals surface area contributed by atoms with Gasteiger partial charge in [0.25, 0.3) is 10.0 Å². The van der Waals surface area contributed by atoms with Gasteiger partial charge in [0.05, 0.1) is 11.1 Å². The maximum absolute atomic E-state index is 12.6. The van der Waals surface area contributed by atoms with Crippen LogP contribution in [0.1, 0.15) is 48.4 Å². The number of Topliss-reactive ketones (excluding diaryl/α,β-unsaturated/α-hetero) is 1. The molecule has 0 bridgehead atoms. The third kappa shape index (κ3) is 3.68. The van der Waals surface area contributed by atoms with Crippen LogP contribution in [0.2, 0.25) is 0 Å². The number of benzene rings is 1. The number of thiophene rings is 1. The van der Waals surface area contributed by atoms with Crippen molar-refractivity contribution in [1.29, 1.82) is 0 Å². The first-order valence-corrected chi connectivity index (χ1v) is 10.9. The molecule has 4 rings (SSSR count). The molecular formula is C19H18N2O4S2. The van der Waals surface area contributed by atoms with Gasteiger partial charge in [0.15, 0.2) is 17.4 Å². The van der Waals surface area contributed by atoms with Gasteiger partial charge in [-0.25, -0.2) is 13.4 Å². The largest absolute Gasteiger partial charge is 0.440 e. The minimum atomic E-state index is -3.72. The second-order valence-electron chi connectivity index (χ2n) is 6.55. The summed E-state index contributed by atoms with van der Waals surface area (Å²) in [5, 5.41) is 0. The van der Waals surface area contributed by atoms with Gasteiger partial charge in [0, 0.05) is 17.2 Å². The molecule has 0 spiro atoms. The van der Waals surface area contributed by atoms with E-state index in [1.54, 1.807) is 42.6 Å². The van der Waals surface area contributed by atoms with Crippen molar-refractivity contribution in [3.8, 4) is 10.6 Å². The summed E-state index contributed by atoms with van der Waals surface area (Å²) in [6, 6.07) is 9.61. The van der Waals surface area contributed by atoms with Gasteiger partial charge in [0.1, 0.15) is 4.21 Å². The number of hydrogen-bond donors (Lipinski definition) is 1. The van der Waals surface area contributed by atoms with Crippen LogP contribution in [-0.4, -0.2) is 19.2 Å². The lowest BCUT2D eigenvalue weighted by Crippen LogP contribution is -2.11. The van der Waals surface area contributed by atoms with Gasteiger partial charge in [-0.1, -0.05) is 6.42 Å². The molecule has 3 aromatic rings. The number of carbonyl (C=O) groups is 1. The lowest BCUT2D eigenvalue weighted by molar-refractivity contribution is 0.101. The Bertz CT molecular complexity index is 1080. The Morgan fingerprint density at radius 1 is 1.19 bits per heavy atom. The van der Waals surface area contributed by atoms with Gasteiger partial charge < -0.3 is 4.42 Å². The SMILES string of the molecule is CC(=O)c1ccc(NS(=O)(=O)c2ccc(-c3cnc(C4CCC4)o3)s2)cc1. The zero-order chi connectivity index (χ0) is 19.0. The number of rotatable bonds is 6. The molecular weight excluding hydrogens is 384 g/mol. The first-order chi connectivity index (χ1) is 12.9. The molecule has 6 nitrogen and oxygen atoms in total. The Morgan fingerprint density at radius 3 is 2.56 bits per heavy atom. The van der Waals surface area contributed by atoms with Crippen LogP contribution in [0.5, 0.6) is 0 Å². The monoisotopic (exact) mass is 402 g/mol. The van der Waals surface area contributed by atoms with Gasteiger partial charge in [-0.2, -0.15) is 0 Å². The molecule has 2 aromatic heterocycles. The van der Waals surface area contributed by atoms with Crippen molar-refractivity contribution >= 4 is 32.8 Å². The molecule has 1 fully saturated rings. The quantitative estimate of drug-likeness (QED) is 0.605. The predicted octanol–water partition coefficient (Wildman–Crippen LogP) is 4.67. The minimum absolute atomic E-state index is 0.0689. The van der Waals surface area contributed by atoms with E-state index in [4.69, 9.17) is 4.42 Å². The lowest BCUT2D eigenvalue weighted by Gasteiger charge is -2.21. The van der Waals surface area contributed by atoms with Gasteiger partial charge in [-0.15, -0.1) is 11.3 Å². The van der Waals surface area contributed by atoms with E-state index < -0.39 is 10.0 Å². The third-order valence-corrected chi connectivity index (χ3v) is 7.58. The molecule has 0 atom stereocenters. The second-order valence-corrected chi connectivity index (χ2v) is 9.54. The van der Waals surface area contributed by atoms with Gasteiger partial charge in [-0.05, 0) is 56.2 Å². The summed E-state index contributed by atoms with van der Waals surface area (Å²) in [4.78, 5) is 16.4. The average molecular weight is 402 g/mol. The molecule has 8 heteroatoms. The summed E-state index contributed by atoms with van der Waals surface area (Å²) in [6.45, 7) is 1.46. The number of sulfonamides is 1. The fourth-order valence-electron chi connectivity index (χ4n) is 2.82. The molecule has 140 valence electrons. The van der Waals surface area contributed by atoms with Crippen molar-refractivity contribution in [2.24, 2.45) is 0 Å². The number of nitrogens with zero attached hydrogens (tertiary/aromatic N) is 1. The van der Waals surface area contributed by atoms with E-state index in [0.717, 1.165) is 34.9 Å². The van der Waals surface area contributed by atoms with Crippen molar-refractivity contribution in [3.05, 3.63) is 54.0 Å². The van der Waals surface area contributed by atoms with E-state index in [1.807, 2.05) is 0 Å². The van der Waals surface area contributed by atoms with E-state index in [-0.39, 0.29) is 9.99 Å². The number of nitrogens with one attached hydrogen (secondary N) is 1. The number of hydrogen-bond acceptors (Lipinski definition) is 6. The highest BCUT2D eigenvalue weighted by Crippen LogP contribution is 2.38. The summed E-state index contributed by atoms with van der Waals surface area (Å²) in [6.07, 6.45) is 5.04. The summed E-state index contributed by atoms with van der Waals surface area (Å²) in [5.41, 5.74) is 0.936. The summed E-state index contributed by atoms with van der Waals surface area (Å²) in [5.74, 6) is 1.65. The molecule has 0 saturated heterocycles. The standard InChI is InChI=1S/C19H18N2O4S2/c1-12(22)13-5-7-15(8-6-13)21-27(23,24)18-10-9-17(26-18)16-11-20-19(25-16)14-3-2-4-14/h5-11,14,21H,2-4H2,1H3. The van der Waals surface area contributed by atoms with Crippen molar-refractivity contribution in [1.82, 2.24) is 4.98 Å². The third-order valence-electron chi connectivity index (χ3n) is 4.61. The normalized spacial score (nSPS) is 14.7. The van der Waals surface area contributed by atoms with Crippen molar-refractivity contribution in [2.75, 3.05) is 4.72 Å². The van der Waals surface area contributed by atoms with E-state index in [9.17, 15) is 13.2 Å². The van der Waals surface area contributed by atoms with E-state index in [1.165, 1.54) is 13.3 Å². The van der Waals surface area contributed by atoms with Crippen LogP contribution in [0.15, 0.2) is 51.2 Å². The number of ketones is 1. The number of anilines is 1. The highest BCUT2D eigenvalue weighted by atomic mass is 32.2. The second kappa shape index (κ2) is 6.94. The van der Waals surface area contributed by atoms with Crippen molar-refractivity contribution < 1.29 is 17.6 Å². The first-order valence-electron chi connectivity index (χ1n) is 8.62. The highest BCUT2D eigenvalue weighted by Gasteiger charge is 2.25. The number of aromatic nitrogens is 1. The Hall–Kier alpha value is -2.45. The smallest absolute Gasteiger partial charge is 0.271 e. The predicted molar refractivity (Wildman–Crippen MR) is 104 cm³/mol. The Labute approximate surface area is 161 Å². The van der Waals surface area contributed by atoms with Crippen LogP contribution in [0.4, 0.5) is 5.69 Å². The zero-order valence-electron chi connectivity index (χ0n) is 14.6. The van der Waals surface area contributed by atoms with Crippen molar-refractivity contribution in [3.63, 3.8) is 0 Å². The molecule has 0 radical (unpaired) electrons. The van der Waals surface area contributed by atoms with Gasteiger partial charge >= 0.3 is 0 Å². The fraction of sp³-hybridized carbons (Fsp3) is 0.263. The van der Waals surface area contributed by atoms with Crippen LogP contribution in [0, 0.1) is 0 Å². The maximum Gasteiger partial charge on any atom is 0.271 e. The van der Waals surface area contributed by atoms with E-state index in [0.29, 0.717) is 22.9 Å². The summed E-state index contributed by atoms with van der Waals surface area (Å²) >= 11 is 1.13. The molecule has 2 heterocycles. The van der Waals surface area contributed by atoms with Crippen LogP contribution < -0.4 is 4.72 Å². The Kier molecular flexibility index (Phi) is 4.61. The van der Waals surface area contributed by atoms with Gasteiger partial charge in [-0.3, -0.25) is 9.52 Å². The lowest BCUT2D eigenvalue weighted by atomic mass is 9.85. The number of carbonyl (C=O) groups excluding carboxylic acids is 1. The molecule has 0 amide bonds. The van der Waals surface area contributed by atoms with E-state index >= 15 is 0 Å². The molecule has 1 aromatic carbocycles. The maximum atomic E-state index is 12.6. The molecule has 0 unspecified atom stereocenters. The van der Waals surface area contributed by atoms with Crippen LogP contribution in [0.25, 0.3) is 10.6 Å². The Balaban J connectivity index is 1.52. The molecule has 27 heavy (non-hydrogen) atoms. The summed E-state index contributed by atoms with van der Waals surface area (Å²) in [7, 11) is -3.72. The fourth-order valence-corrected chi connectivity index (χ4v) is 5.13. The minimum Gasteiger partial charge on any atom is -0.440 e. The first kappa shape index (κ1) is 17.9. The zero-order valence-corrected chi connectivity index (χ0v) is 16.3. The van der Waals surface area contributed by atoms with Crippen LogP contribution in [-0.2, 0) is 10.0 Å². The molecule has 0 aliphatic heterocycles. The summed E-state index contributed by atoms with van der Waals surface area (Å²) < 4.78 is 33.8. The van der Waals surface area contributed by atoms with Gasteiger partial charge in [0.2, 0.25) is 0 Å². The number of oxazole rings is 1. The Morgan fingerprint density at radius 2 is 1.93 bits per heavy atom. The highest BCUT2D eigenvalue weighted by molar-refractivity contribution is 7.94. The molecule has 1 aliphatic carbocycles. The van der Waals surface area contributed by atoms with Crippen LogP contribution >= 0.6 is 11.3 Å². The van der Waals surface area contributed by atoms with E-state index in [2.05, 4.69) is 9.71 Å². The van der Waals surface area contributed by atoms with Crippen LogP contribution in [0.3, 0.4) is 0 Å².